The SMILES string of the molecule is CC(=O)N1CCC(N(CC(C)C)N2CCN(C(=O)[C@@H](C)NC(=O)CC3NCCc4ccccc43)CC2)CC1. The molecule has 2 N–H and O–H groups in total. The van der Waals surface area contributed by atoms with Crippen molar-refractivity contribution >= 4 is 17.7 Å². The summed E-state index contributed by atoms with van der Waals surface area (Å²) in [7, 11) is 0. The van der Waals surface area contributed by atoms with Crippen molar-refractivity contribution < 1.29 is 14.4 Å². The van der Waals surface area contributed by atoms with E-state index in [1.165, 1.54) is 11.1 Å². The van der Waals surface area contributed by atoms with E-state index in [0.717, 1.165) is 58.5 Å². The van der Waals surface area contributed by atoms with Crippen molar-refractivity contribution in [3.05, 3.63) is 35.4 Å². The second-order valence-corrected chi connectivity index (χ2v) is 11.5. The van der Waals surface area contributed by atoms with Gasteiger partial charge in [0.15, 0.2) is 0 Å². The summed E-state index contributed by atoms with van der Waals surface area (Å²) in [5, 5.41) is 11.3. The van der Waals surface area contributed by atoms with Crippen molar-refractivity contribution in [1.82, 2.24) is 30.5 Å². The maximum Gasteiger partial charge on any atom is 0.244 e. The Labute approximate surface area is 227 Å². The van der Waals surface area contributed by atoms with Crippen molar-refractivity contribution in [2.45, 2.75) is 71.5 Å². The minimum absolute atomic E-state index is 0.0137. The Hall–Kier alpha value is -2.49. The maximum absolute atomic E-state index is 13.2. The van der Waals surface area contributed by atoms with E-state index >= 15 is 0 Å². The minimum atomic E-state index is -0.546. The standard InChI is InChI=1S/C29H46N6O3/c1-21(2)20-35(25-10-13-32(14-11-25)23(4)36)34-17-15-33(16-18-34)29(38)22(3)31-28(37)19-27-26-8-6-5-7-24(26)9-12-30-27/h5-8,21-22,25,27,30H,9-20H2,1-4H3,(H,31,37)/t22-,27?/m1/s1. The molecule has 9 nitrogen and oxygen atoms in total. The second-order valence-electron chi connectivity index (χ2n) is 11.5. The average Bonchev–Trinajstić information content (AvgIpc) is 2.91. The van der Waals surface area contributed by atoms with Crippen LogP contribution in [0.5, 0.6) is 0 Å². The number of piperazine rings is 1. The van der Waals surface area contributed by atoms with E-state index < -0.39 is 6.04 Å². The summed E-state index contributed by atoms with van der Waals surface area (Å²) in [5.41, 5.74) is 2.48. The summed E-state index contributed by atoms with van der Waals surface area (Å²) in [6.07, 6.45) is 3.26. The molecule has 0 spiro atoms. The van der Waals surface area contributed by atoms with Gasteiger partial charge in [0.1, 0.15) is 6.04 Å². The first kappa shape index (κ1) is 28.5. The zero-order valence-corrected chi connectivity index (χ0v) is 23.6. The number of amides is 3. The topological polar surface area (TPSA) is 88.2 Å². The van der Waals surface area contributed by atoms with Crippen LogP contribution >= 0.6 is 0 Å². The first-order valence-electron chi connectivity index (χ1n) is 14.4. The van der Waals surface area contributed by atoms with E-state index in [4.69, 9.17) is 0 Å². The van der Waals surface area contributed by atoms with Crippen LogP contribution in [0.2, 0.25) is 0 Å². The van der Waals surface area contributed by atoms with Crippen molar-refractivity contribution in [2.24, 2.45) is 5.92 Å². The third kappa shape index (κ3) is 7.12. The number of benzene rings is 1. The quantitative estimate of drug-likeness (QED) is 0.537. The number of nitrogens with one attached hydrogen (secondary N) is 2. The lowest BCUT2D eigenvalue weighted by atomic mass is 9.92. The van der Waals surface area contributed by atoms with E-state index in [2.05, 4.69) is 46.6 Å². The van der Waals surface area contributed by atoms with Crippen LogP contribution in [0.15, 0.2) is 24.3 Å². The number of hydrogen-bond acceptors (Lipinski definition) is 6. The third-order valence-electron chi connectivity index (χ3n) is 8.17. The summed E-state index contributed by atoms with van der Waals surface area (Å²) in [6.45, 7) is 14.3. The van der Waals surface area contributed by atoms with Crippen LogP contribution in [0.3, 0.4) is 0 Å². The van der Waals surface area contributed by atoms with E-state index in [1.807, 2.05) is 21.9 Å². The zero-order chi connectivity index (χ0) is 27.2. The Balaban J connectivity index is 1.26. The number of rotatable bonds is 8. The maximum atomic E-state index is 13.2. The molecule has 1 aromatic carbocycles. The first-order valence-corrected chi connectivity index (χ1v) is 14.4. The van der Waals surface area contributed by atoms with E-state index in [0.29, 0.717) is 31.5 Å². The second kappa shape index (κ2) is 13.0. The molecule has 2 atom stereocenters. The zero-order valence-electron chi connectivity index (χ0n) is 23.6. The highest BCUT2D eigenvalue weighted by Crippen LogP contribution is 2.25. The fourth-order valence-electron chi connectivity index (χ4n) is 6.12. The van der Waals surface area contributed by atoms with E-state index in [-0.39, 0.29) is 23.8 Å². The largest absolute Gasteiger partial charge is 0.345 e. The molecule has 2 saturated heterocycles. The number of fused-ring (bicyclic) bond motifs is 1. The summed E-state index contributed by atoms with van der Waals surface area (Å²) in [5.74, 6) is 0.576. The van der Waals surface area contributed by atoms with Crippen LogP contribution in [-0.4, -0.2) is 102 Å². The highest BCUT2D eigenvalue weighted by molar-refractivity contribution is 5.87. The monoisotopic (exact) mass is 526 g/mol. The molecule has 3 aliphatic rings. The van der Waals surface area contributed by atoms with Gasteiger partial charge in [0.05, 0.1) is 0 Å². The van der Waals surface area contributed by atoms with E-state index in [9.17, 15) is 14.4 Å². The van der Waals surface area contributed by atoms with Gasteiger partial charge >= 0.3 is 0 Å². The van der Waals surface area contributed by atoms with Crippen LogP contribution in [0, 0.1) is 5.92 Å². The molecule has 3 amide bonds. The molecule has 1 aromatic rings. The Kier molecular flexibility index (Phi) is 9.79. The summed E-state index contributed by atoms with van der Waals surface area (Å²) < 4.78 is 0. The molecule has 4 rings (SSSR count). The molecular weight excluding hydrogens is 480 g/mol. The molecule has 0 aliphatic carbocycles. The number of hydrogen-bond donors (Lipinski definition) is 2. The molecule has 9 heteroatoms. The van der Waals surface area contributed by atoms with Gasteiger partial charge in [0, 0.05) is 71.2 Å². The van der Waals surface area contributed by atoms with Crippen LogP contribution in [0.25, 0.3) is 0 Å². The predicted octanol–water partition coefficient (Wildman–Crippen LogP) is 1.80. The van der Waals surface area contributed by atoms with Gasteiger partial charge in [0.2, 0.25) is 17.7 Å². The fraction of sp³-hybridized carbons (Fsp3) is 0.690. The number of carbonyl (C=O) groups is 3. The van der Waals surface area contributed by atoms with Crippen LogP contribution in [0.4, 0.5) is 0 Å². The third-order valence-corrected chi connectivity index (χ3v) is 8.17. The van der Waals surface area contributed by atoms with Gasteiger partial charge in [-0.25, -0.2) is 10.0 Å². The Morgan fingerprint density at radius 2 is 1.68 bits per heavy atom. The fourth-order valence-corrected chi connectivity index (χ4v) is 6.12. The van der Waals surface area contributed by atoms with Gasteiger partial charge < -0.3 is 20.4 Å². The lowest BCUT2D eigenvalue weighted by molar-refractivity contribution is -0.145. The smallest absolute Gasteiger partial charge is 0.244 e. The van der Waals surface area contributed by atoms with Gasteiger partial charge in [-0.05, 0) is 49.8 Å². The van der Waals surface area contributed by atoms with Gasteiger partial charge in [-0.2, -0.15) is 0 Å². The van der Waals surface area contributed by atoms with Crippen molar-refractivity contribution in [1.29, 1.82) is 0 Å². The Morgan fingerprint density at radius 1 is 1.00 bits per heavy atom. The summed E-state index contributed by atoms with van der Waals surface area (Å²) >= 11 is 0. The van der Waals surface area contributed by atoms with Gasteiger partial charge in [-0.1, -0.05) is 38.1 Å². The first-order chi connectivity index (χ1) is 18.2. The highest BCUT2D eigenvalue weighted by atomic mass is 16.2. The highest BCUT2D eigenvalue weighted by Gasteiger charge is 2.33. The van der Waals surface area contributed by atoms with Gasteiger partial charge in [0.25, 0.3) is 0 Å². The van der Waals surface area contributed by atoms with Gasteiger partial charge in [-0.3, -0.25) is 14.4 Å². The summed E-state index contributed by atoms with van der Waals surface area (Å²) in [6, 6.07) is 8.14. The molecule has 1 unspecified atom stereocenters. The molecule has 3 aliphatic heterocycles. The molecule has 210 valence electrons. The lowest BCUT2D eigenvalue weighted by Crippen LogP contribution is -2.61. The molecule has 0 radical (unpaired) electrons. The molecule has 38 heavy (non-hydrogen) atoms. The van der Waals surface area contributed by atoms with Crippen molar-refractivity contribution in [3.8, 4) is 0 Å². The molecular formula is C29H46N6O3. The number of likely N-dealkylation sites (tertiary alicyclic amines) is 1. The molecule has 0 saturated carbocycles. The molecule has 2 fully saturated rings. The lowest BCUT2D eigenvalue weighted by Gasteiger charge is -2.47. The predicted molar refractivity (Wildman–Crippen MR) is 148 cm³/mol. The minimum Gasteiger partial charge on any atom is -0.345 e. The molecule has 0 aromatic heterocycles. The van der Waals surface area contributed by atoms with Crippen LogP contribution in [-0.2, 0) is 20.8 Å². The van der Waals surface area contributed by atoms with Crippen molar-refractivity contribution in [3.63, 3.8) is 0 Å². The van der Waals surface area contributed by atoms with Crippen molar-refractivity contribution in [2.75, 3.05) is 52.4 Å². The molecule has 0 bridgehead atoms. The Bertz CT molecular complexity index is 969. The van der Waals surface area contributed by atoms with Gasteiger partial charge in [-0.15, -0.1) is 0 Å². The number of piperidine rings is 1. The normalized spacial score (nSPS) is 21.9. The molecule has 3 heterocycles. The van der Waals surface area contributed by atoms with Crippen LogP contribution in [0.1, 0.15) is 64.1 Å². The number of hydrazine groups is 1. The number of nitrogens with zero attached hydrogens (tertiary/aromatic N) is 4. The average molecular weight is 527 g/mol. The summed E-state index contributed by atoms with van der Waals surface area (Å²) in [4.78, 5) is 41.6. The van der Waals surface area contributed by atoms with E-state index in [1.54, 1.807) is 13.8 Å². The van der Waals surface area contributed by atoms with Crippen LogP contribution < -0.4 is 10.6 Å². The number of carbonyl (C=O) groups excluding carboxylic acids is 3. The Morgan fingerprint density at radius 3 is 2.34 bits per heavy atom.